The van der Waals surface area contributed by atoms with Crippen molar-refractivity contribution in [3.8, 4) is 0 Å². The van der Waals surface area contributed by atoms with E-state index in [9.17, 15) is 0 Å². The van der Waals surface area contributed by atoms with Gasteiger partial charge in [-0.1, -0.05) is 29.3 Å². The highest BCUT2D eigenvalue weighted by molar-refractivity contribution is 7.99. The third kappa shape index (κ3) is 3.76. The molecule has 1 nitrogen and oxygen atoms in total. The maximum absolute atomic E-state index is 6.15. The minimum absolute atomic E-state index is 0.0837. The molecule has 0 saturated heterocycles. The zero-order chi connectivity index (χ0) is 14.0. The lowest BCUT2D eigenvalue weighted by molar-refractivity contribution is 0.730. The first-order chi connectivity index (χ1) is 8.97. The quantitative estimate of drug-likeness (QED) is 0.785. The summed E-state index contributed by atoms with van der Waals surface area (Å²) >= 11 is 9.48. The van der Waals surface area contributed by atoms with E-state index in [1.807, 2.05) is 17.8 Å². The van der Waals surface area contributed by atoms with Gasteiger partial charge in [-0.05, 0) is 44.5 Å². The fraction of sp³-hybridized carbons (Fsp3) is 0.333. The average molecular weight is 312 g/mol. The summed E-state index contributed by atoms with van der Waals surface area (Å²) in [5, 5.41) is 0.249. The van der Waals surface area contributed by atoms with Gasteiger partial charge in [0.05, 0.1) is 9.59 Å². The summed E-state index contributed by atoms with van der Waals surface area (Å²) in [4.78, 5) is 2.53. The highest BCUT2D eigenvalue weighted by Gasteiger charge is 2.20. The van der Waals surface area contributed by atoms with Gasteiger partial charge in [-0.3, -0.25) is 0 Å². The van der Waals surface area contributed by atoms with E-state index in [-0.39, 0.29) is 11.3 Å². The van der Waals surface area contributed by atoms with E-state index in [2.05, 4.69) is 45.0 Å². The molecule has 2 aromatic rings. The molecule has 1 heterocycles. The molecule has 0 amide bonds. The zero-order valence-corrected chi connectivity index (χ0v) is 13.7. The van der Waals surface area contributed by atoms with Gasteiger partial charge in [0.15, 0.2) is 0 Å². The Morgan fingerprint density at radius 2 is 1.95 bits per heavy atom. The van der Waals surface area contributed by atoms with E-state index < -0.39 is 0 Å². The maximum Gasteiger partial charge on any atom is 0.0931 e. The lowest BCUT2D eigenvalue weighted by Gasteiger charge is -2.20. The largest absolute Gasteiger partial charge is 0.327 e. The zero-order valence-electron chi connectivity index (χ0n) is 11.3. The summed E-state index contributed by atoms with van der Waals surface area (Å²) < 4.78 is 0.821. The van der Waals surface area contributed by atoms with Crippen LogP contribution in [0.25, 0.3) is 0 Å². The number of thiophene rings is 1. The van der Waals surface area contributed by atoms with Gasteiger partial charge < -0.3 is 5.73 Å². The van der Waals surface area contributed by atoms with E-state index >= 15 is 0 Å². The molecular formula is C15H18ClNS2. The van der Waals surface area contributed by atoms with Gasteiger partial charge in [0.1, 0.15) is 0 Å². The Morgan fingerprint density at radius 1 is 1.21 bits per heavy atom. The summed E-state index contributed by atoms with van der Waals surface area (Å²) in [5.74, 6) is 0. The summed E-state index contributed by atoms with van der Waals surface area (Å²) in [6, 6.07) is 10.6. The Morgan fingerprint density at radius 3 is 2.47 bits per heavy atom. The molecule has 0 aliphatic carbocycles. The molecule has 2 unspecified atom stereocenters. The number of thioether (sulfide) groups is 1. The Labute approximate surface area is 128 Å². The molecule has 1 aromatic carbocycles. The van der Waals surface area contributed by atoms with Gasteiger partial charge in [-0.25, -0.2) is 0 Å². The van der Waals surface area contributed by atoms with Crippen molar-refractivity contribution in [2.45, 2.75) is 37.0 Å². The molecule has 0 bridgehead atoms. The molecule has 0 aliphatic heterocycles. The van der Waals surface area contributed by atoms with Gasteiger partial charge in [0, 0.05) is 15.8 Å². The highest BCUT2D eigenvalue weighted by Crippen LogP contribution is 2.42. The predicted molar refractivity (Wildman–Crippen MR) is 87.5 cm³/mol. The van der Waals surface area contributed by atoms with Crippen LogP contribution in [-0.4, -0.2) is 6.04 Å². The van der Waals surface area contributed by atoms with Crippen LogP contribution in [0.5, 0.6) is 0 Å². The monoisotopic (exact) mass is 311 g/mol. The predicted octanol–water partition coefficient (Wildman–Crippen LogP) is 5.20. The Hall–Kier alpha value is -0.480. The van der Waals surface area contributed by atoms with Crippen LogP contribution < -0.4 is 5.73 Å². The van der Waals surface area contributed by atoms with Crippen molar-refractivity contribution in [1.29, 1.82) is 0 Å². The molecule has 2 rings (SSSR count). The summed E-state index contributed by atoms with van der Waals surface area (Å²) in [7, 11) is 0. The number of hydrogen-bond donors (Lipinski definition) is 1. The van der Waals surface area contributed by atoms with Crippen molar-refractivity contribution in [2.24, 2.45) is 5.73 Å². The van der Waals surface area contributed by atoms with E-state index in [0.717, 1.165) is 4.34 Å². The smallest absolute Gasteiger partial charge is 0.0931 e. The van der Waals surface area contributed by atoms with Crippen molar-refractivity contribution in [1.82, 2.24) is 0 Å². The van der Waals surface area contributed by atoms with Crippen LogP contribution in [0.4, 0.5) is 0 Å². The summed E-state index contributed by atoms with van der Waals surface area (Å²) in [6.07, 6.45) is 0. The number of nitrogens with two attached hydrogens (primary N) is 1. The highest BCUT2D eigenvalue weighted by atomic mass is 35.5. The second kappa shape index (κ2) is 6.31. The molecule has 0 fully saturated rings. The van der Waals surface area contributed by atoms with Crippen molar-refractivity contribution in [3.05, 3.63) is 50.7 Å². The minimum atomic E-state index is 0.0837. The van der Waals surface area contributed by atoms with Crippen LogP contribution in [0.2, 0.25) is 4.34 Å². The van der Waals surface area contributed by atoms with Gasteiger partial charge in [-0.2, -0.15) is 0 Å². The van der Waals surface area contributed by atoms with Crippen LogP contribution in [0, 0.1) is 13.8 Å². The molecule has 0 radical (unpaired) electrons. The van der Waals surface area contributed by atoms with Crippen LogP contribution in [0.15, 0.2) is 35.2 Å². The van der Waals surface area contributed by atoms with Crippen molar-refractivity contribution in [2.75, 3.05) is 0 Å². The first-order valence-corrected chi connectivity index (χ1v) is 8.29. The minimum Gasteiger partial charge on any atom is -0.327 e. The van der Waals surface area contributed by atoms with E-state index in [0.29, 0.717) is 0 Å². The first kappa shape index (κ1) is 14.9. The second-order valence-corrected chi connectivity index (χ2v) is 7.74. The van der Waals surface area contributed by atoms with Crippen LogP contribution >= 0.6 is 34.7 Å². The lowest BCUT2D eigenvalue weighted by Crippen LogP contribution is -2.21. The third-order valence-electron chi connectivity index (χ3n) is 2.94. The lowest BCUT2D eigenvalue weighted by atomic mass is 10.2. The van der Waals surface area contributed by atoms with Crippen molar-refractivity contribution in [3.63, 3.8) is 0 Å². The van der Waals surface area contributed by atoms with Crippen LogP contribution in [-0.2, 0) is 0 Å². The Kier molecular flexibility index (Phi) is 4.96. The Balaban J connectivity index is 2.26. The fourth-order valence-corrected chi connectivity index (χ4v) is 4.50. The molecule has 0 saturated carbocycles. The fourth-order valence-electron chi connectivity index (χ4n) is 1.97. The molecule has 19 heavy (non-hydrogen) atoms. The molecule has 2 atom stereocenters. The normalized spacial score (nSPS) is 14.4. The second-order valence-electron chi connectivity index (χ2n) is 4.81. The first-order valence-electron chi connectivity index (χ1n) is 6.22. The number of halogens is 1. The van der Waals surface area contributed by atoms with Gasteiger partial charge in [0.2, 0.25) is 0 Å². The van der Waals surface area contributed by atoms with E-state index in [4.69, 9.17) is 17.3 Å². The summed E-state index contributed by atoms with van der Waals surface area (Å²) in [6.45, 7) is 6.31. The molecule has 4 heteroatoms. The topological polar surface area (TPSA) is 26.0 Å². The Bertz CT molecular complexity index is 563. The maximum atomic E-state index is 6.15. The molecule has 0 aliphatic rings. The third-order valence-corrected chi connectivity index (χ3v) is 6.05. The van der Waals surface area contributed by atoms with Gasteiger partial charge >= 0.3 is 0 Å². The SMILES string of the molecule is Cc1ccc(SC(c2ccc(Cl)s2)C(C)N)c(C)c1. The van der Waals surface area contributed by atoms with Gasteiger partial charge in [-0.15, -0.1) is 23.1 Å². The van der Waals surface area contributed by atoms with Gasteiger partial charge in [0.25, 0.3) is 0 Å². The number of hydrogen-bond acceptors (Lipinski definition) is 3. The molecule has 0 spiro atoms. The summed E-state index contributed by atoms with van der Waals surface area (Å²) in [5.41, 5.74) is 8.74. The standard InChI is InChI=1S/C15H18ClNS2/c1-9-4-5-12(10(2)8-9)19-15(11(3)17)13-6-7-14(16)18-13/h4-8,11,15H,17H2,1-3H3. The number of benzene rings is 1. The molecular weight excluding hydrogens is 294 g/mol. The van der Waals surface area contributed by atoms with E-state index in [1.165, 1.54) is 20.9 Å². The van der Waals surface area contributed by atoms with Crippen LogP contribution in [0.3, 0.4) is 0 Å². The molecule has 102 valence electrons. The van der Waals surface area contributed by atoms with Crippen molar-refractivity contribution >= 4 is 34.7 Å². The number of aryl methyl sites for hydroxylation is 2. The van der Waals surface area contributed by atoms with Crippen LogP contribution in [0.1, 0.15) is 28.2 Å². The molecule has 1 aromatic heterocycles. The molecule has 2 N–H and O–H groups in total. The van der Waals surface area contributed by atoms with E-state index in [1.54, 1.807) is 11.3 Å². The van der Waals surface area contributed by atoms with Crippen molar-refractivity contribution < 1.29 is 0 Å². The average Bonchev–Trinajstić information content (AvgIpc) is 2.74. The number of rotatable bonds is 4.